The molecule has 0 aromatic heterocycles. The maximum atomic E-state index is 12.0. The largest absolute Gasteiger partial charge is 0.398 e. The summed E-state index contributed by atoms with van der Waals surface area (Å²) >= 11 is 0. The van der Waals surface area contributed by atoms with E-state index >= 15 is 0 Å². The van der Waals surface area contributed by atoms with Gasteiger partial charge in [0.05, 0.1) is 5.69 Å². The highest BCUT2D eigenvalue weighted by molar-refractivity contribution is 7.89. The number of likely N-dealkylation sites (N-methyl/N-ethyl adjacent to an activating group) is 1. The molecule has 0 radical (unpaired) electrons. The minimum atomic E-state index is -3.50. The fraction of sp³-hybridized carbons (Fsp3) is 0.500. The van der Waals surface area contributed by atoms with Crippen molar-refractivity contribution in [1.29, 1.82) is 0 Å². The van der Waals surface area contributed by atoms with Crippen molar-refractivity contribution in [3.63, 3.8) is 0 Å². The quantitative estimate of drug-likeness (QED) is 0.722. The second-order valence-electron chi connectivity index (χ2n) is 3.96. The summed E-state index contributed by atoms with van der Waals surface area (Å²) in [6.07, 6.45) is 0. The number of anilines is 1. The topological polar surface area (TPSA) is 75.4 Å². The number of nitrogens with one attached hydrogen (secondary N) is 1. The molecule has 0 saturated carbocycles. The monoisotopic (exact) mass is 271 g/mol. The lowest BCUT2D eigenvalue weighted by molar-refractivity contribution is 0.309. The second kappa shape index (κ2) is 6.72. The average molecular weight is 271 g/mol. The first-order valence-electron chi connectivity index (χ1n) is 6.07. The van der Waals surface area contributed by atoms with Gasteiger partial charge in [0.1, 0.15) is 4.90 Å². The van der Waals surface area contributed by atoms with Gasteiger partial charge in [-0.05, 0) is 25.2 Å². The number of hydrogen-bond donors (Lipinski definition) is 2. The van der Waals surface area contributed by atoms with Gasteiger partial charge in [-0.3, -0.25) is 0 Å². The van der Waals surface area contributed by atoms with Gasteiger partial charge in [-0.1, -0.05) is 26.0 Å². The Morgan fingerprint density at radius 2 is 1.83 bits per heavy atom. The lowest BCUT2D eigenvalue weighted by Crippen LogP contribution is -2.35. The summed E-state index contributed by atoms with van der Waals surface area (Å²) < 4.78 is 26.6. The zero-order valence-corrected chi connectivity index (χ0v) is 11.7. The predicted molar refractivity (Wildman–Crippen MR) is 73.8 cm³/mol. The van der Waals surface area contributed by atoms with Crippen molar-refractivity contribution >= 4 is 15.7 Å². The molecule has 0 amide bonds. The number of benzene rings is 1. The van der Waals surface area contributed by atoms with E-state index < -0.39 is 10.0 Å². The molecule has 102 valence electrons. The van der Waals surface area contributed by atoms with Crippen LogP contribution in [0.15, 0.2) is 29.2 Å². The molecule has 0 atom stereocenters. The molecule has 0 heterocycles. The van der Waals surface area contributed by atoms with Gasteiger partial charge < -0.3 is 10.6 Å². The van der Waals surface area contributed by atoms with E-state index in [0.29, 0.717) is 13.1 Å². The van der Waals surface area contributed by atoms with Gasteiger partial charge in [-0.2, -0.15) is 0 Å². The van der Waals surface area contributed by atoms with Crippen LogP contribution >= 0.6 is 0 Å². The van der Waals surface area contributed by atoms with Crippen LogP contribution in [0, 0.1) is 0 Å². The van der Waals surface area contributed by atoms with E-state index in [1.165, 1.54) is 6.07 Å². The van der Waals surface area contributed by atoms with Crippen molar-refractivity contribution in [3.8, 4) is 0 Å². The molecule has 6 heteroatoms. The number of nitrogens with zero attached hydrogens (tertiary/aromatic N) is 1. The maximum absolute atomic E-state index is 12.0. The van der Waals surface area contributed by atoms with E-state index in [2.05, 4.69) is 9.62 Å². The highest BCUT2D eigenvalue weighted by Crippen LogP contribution is 2.16. The van der Waals surface area contributed by atoms with Crippen LogP contribution in [0.1, 0.15) is 13.8 Å². The van der Waals surface area contributed by atoms with Gasteiger partial charge in [0, 0.05) is 13.1 Å². The van der Waals surface area contributed by atoms with E-state index in [9.17, 15) is 8.42 Å². The smallest absolute Gasteiger partial charge is 0.242 e. The van der Waals surface area contributed by atoms with Crippen LogP contribution in [-0.2, 0) is 10.0 Å². The molecule has 0 aliphatic heterocycles. The SMILES string of the molecule is CCN(CC)CCNS(=O)(=O)c1ccccc1N. The van der Waals surface area contributed by atoms with Crippen LogP contribution in [0.4, 0.5) is 5.69 Å². The molecule has 0 saturated heterocycles. The van der Waals surface area contributed by atoms with Crippen molar-refractivity contribution in [1.82, 2.24) is 9.62 Å². The number of nitrogen functional groups attached to an aromatic ring is 1. The number of nitrogens with two attached hydrogens (primary N) is 1. The van der Waals surface area contributed by atoms with Crippen molar-refractivity contribution in [3.05, 3.63) is 24.3 Å². The second-order valence-corrected chi connectivity index (χ2v) is 5.70. The van der Waals surface area contributed by atoms with Crippen molar-refractivity contribution in [2.75, 3.05) is 31.9 Å². The van der Waals surface area contributed by atoms with Crippen LogP contribution in [-0.4, -0.2) is 39.5 Å². The van der Waals surface area contributed by atoms with Crippen molar-refractivity contribution in [2.45, 2.75) is 18.7 Å². The first kappa shape index (κ1) is 14.9. The number of hydrogen-bond acceptors (Lipinski definition) is 4. The van der Waals surface area contributed by atoms with Crippen LogP contribution < -0.4 is 10.5 Å². The third-order valence-electron chi connectivity index (χ3n) is 2.82. The highest BCUT2D eigenvalue weighted by Gasteiger charge is 2.16. The average Bonchev–Trinajstić information content (AvgIpc) is 2.35. The number of para-hydroxylation sites is 1. The van der Waals surface area contributed by atoms with E-state index in [1.54, 1.807) is 18.2 Å². The Bertz CT molecular complexity index is 470. The van der Waals surface area contributed by atoms with E-state index in [0.717, 1.165) is 13.1 Å². The van der Waals surface area contributed by atoms with Gasteiger partial charge in [-0.25, -0.2) is 13.1 Å². The lowest BCUT2D eigenvalue weighted by Gasteiger charge is -2.18. The Balaban J connectivity index is 2.64. The van der Waals surface area contributed by atoms with Crippen LogP contribution in [0.2, 0.25) is 0 Å². The first-order chi connectivity index (χ1) is 8.51. The van der Waals surface area contributed by atoms with Gasteiger partial charge in [0.25, 0.3) is 0 Å². The zero-order chi connectivity index (χ0) is 13.6. The molecule has 1 aromatic carbocycles. The minimum absolute atomic E-state index is 0.143. The van der Waals surface area contributed by atoms with Gasteiger partial charge in [-0.15, -0.1) is 0 Å². The molecule has 5 nitrogen and oxygen atoms in total. The summed E-state index contributed by atoms with van der Waals surface area (Å²) in [5, 5.41) is 0. The predicted octanol–water partition coefficient (Wildman–Crippen LogP) is 0.889. The fourth-order valence-electron chi connectivity index (χ4n) is 1.68. The molecule has 0 spiro atoms. The standard InChI is InChI=1S/C12H21N3O2S/c1-3-15(4-2)10-9-14-18(16,17)12-8-6-5-7-11(12)13/h5-8,14H,3-4,9-10,13H2,1-2H3. The third kappa shape index (κ3) is 3.97. The molecular formula is C12H21N3O2S. The van der Waals surface area contributed by atoms with Crippen LogP contribution in [0.25, 0.3) is 0 Å². The lowest BCUT2D eigenvalue weighted by atomic mass is 10.3. The van der Waals surface area contributed by atoms with Crippen molar-refractivity contribution < 1.29 is 8.42 Å². The summed E-state index contributed by atoms with van der Waals surface area (Å²) in [5.41, 5.74) is 5.93. The van der Waals surface area contributed by atoms with Gasteiger partial charge in [0.2, 0.25) is 10.0 Å². The Morgan fingerprint density at radius 1 is 1.22 bits per heavy atom. The molecule has 0 unspecified atom stereocenters. The molecular weight excluding hydrogens is 250 g/mol. The minimum Gasteiger partial charge on any atom is -0.398 e. The number of sulfonamides is 1. The van der Waals surface area contributed by atoms with E-state index in [4.69, 9.17) is 5.73 Å². The molecule has 0 aliphatic carbocycles. The summed E-state index contributed by atoms with van der Waals surface area (Å²) in [7, 11) is -3.50. The molecule has 1 aromatic rings. The molecule has 0 fully saturated rings. The summed E-state index contributed by atoms with van der Waals surface area (Å²) in [4.78, 5) is 2.29. The molecule has 1 rings (SSSR count). The normalized spacial score (nSPS) is 11.9. The molecule has 0 aliphatic rings. The molecule has 3 N–H and O–H groups in total. The summed E-state index contributed by atoms with van der Waals surface area (Å²) in [6, 6.07) is 6.47. The molecule has 18 heavy (non-hydrogen) atoms. The molecule has 0 bridgehead atoms. The summed E-state index contributed by atoms with van der Waals surface area (Å²) in [5.74, 6) is 0. The zero-order valence-electron chi connectivity index (χ0n) is 10.9. The number of rotatable bonds is 7. The van der Waals surface area contributed by atoms with Crippen LogP contribution in [0.5, 0.6) is 0 Å². The Kier molecular flexibility index (Phi) is 5.58. The van der Waals surface area contributed by atoms with E-state index in [1.807, 2.05) is 13.8 Å². The fourth-order valence-corrected chi connectivity index (χ4v) is 2.83. The van der Waals surface area contributed by atoms with E-state index in [-0.39, 0.29) is 10.6 Å². The first-order valence-corrected chi connectivity index (χ1v) is 7.56. The third-order valence-corrected chi connectivity index (χ3v) is 4.36. The van der Waals surface area contributed by atoms with Crippen molar-refractivity contribution in [2.24, 2.45) is 0 Å². The Morgan fingerprint density at radius 3 is 2.39 bits per heavy atom. The highest BCUT2D eigenvalue weighted by atomic mass is 32.2. The van der Waals surface area contributed by atoms with Gasteiger partial charge >= 0.3 is 0 Å². The Hall–Kier alpha value is -1.11. The summed E-state index contributed by atoms with van der Waals surface area (Å²) in [6.45, 7) is 7.00. The van der Waals surface area contributed by atoms with Crippen LogP contribution in [0.3, 0.4) is 0 Å². The Labute approximate surface area is 109 Å². The maximum Gasteiger partial charge on any atom is 0.242 e. The van der Waals surface area contributed by atoms with Gasteiger partial charge in [0.15, 0.2) is 0 Å².